The number of anilines is 1. The Morgan fingerprint density at radius 3 is 2.72 bits per heavy atom. The maximum absolute atomic E-state index is 10.9. The average molecular weight is 401 g/mol. The first kappa shape index (κ1) is 19.2. The summed E-state index contributed by atoms with van der Waals surface area (Å²) in [5.41, 5.74) is 6.98. The van der Waals surface area contributed by atoms with Crippen molar-refractivity contribution in [2.45, 2.75) is 55.9 Å². The van der Waals surface area contributed by atoms with E-state index in [9.17, 15) is 10.2 Å². The Bertz CT molecular complexity index is 877. The molecule has 5 rings (SSSR count). The monoisotopic (exact) mass is 400 g/mol. The third-order valence-electron chi connectivity index (χ3n) is 7.78. The van der Waals surface area contributed by atoms with Gasteiger partial charge in [-0.2, -0.15) is 0 Å². The predicted octanol–water partition coefficient (Wildman–Crippen LogP) is 0.857. The fraction of sp³-hybridized carbons (Fsp3) is 0.714. The third kappa shape index (κ3) is 3.13. The van der Waals surface area contributed by atoms with Crippen LogP contribution in [0.3, 0.4) is 0 Å². The number of aliphatic hydroxyl groups is 2. The lowest BCUT2D eigenvalue weighted by atomic mass is 9.84. The zero-order chi connectivity index (χ0) is 20.2. The highest BCUT2D eigenvalue weighted by Crippen LogP contribution is 2.43. The molecule has 3 aliphatic rings. The molecule has 0 bridgehead atoms. The fourth-order valence-electron chi connectivity index (χ4n) is 5.98. The van der Waals surface area contributed by atoms with Gasteiger partial charge in [-0.15, -0.1) is 0 Å². The van der Waals surface area contributed by atoms with Gasteiger partial charge in [0, 0.05) is 24.2 Å². The molecule has 158 valence electrons. The van der Waals surface area contributed by atoms with E-state index in [0.717, 1.165) is 43.6 Å². The summed E-state index contributed by atoms with van der Waals surface area (Å²) >= 11 is 0. The molecule has 0 amide bonds. The van der Waals surface area contributed by atoms with Gasteiger partial charge in [-0.05, 0) is 64.9 Å². The minimum atomic E-state index is -0.803. The normalized spacial score (nSPS) is 33.2. The van der Waals surface area contributed by atoms with Crippen molar-refractivity contribution in [3.63, 3.8) is 0 Å². The van der Waals surface area contributed by atoms with Gasteiger partial charge in [-0.25, -0.2) is 9.97 Å². The van der Waals surface area contributed by atoms with E-state index in [4.69, 9.17) is 5.73 Å². The second-order valence-electron chi connectivity index (χ2n) is 9.34. The molecule has 0 aromatic carbocycles. The largest absolute Gasteiger partial charge is 0.390 e. The number of aromatic nitrogens is 3. The SMILES string of the molecule is CN1CCC2(CCCN2CC2C[C@@H](n3ccc4c(N)ncnc43)[C@H](O)[C@@H]2O)CC1. The summed E-state index contributed by atoms with van der Waals surface area (Å²) in [6.45, 7) is 4.25. The fourth-order valence-corrected chi connectivity index (χ4v) is 5.98. The summed E-state index contributed by atoms with van der Waals surface area (Å²) in [6, 6.07) is 1.70. The van der Waals surface area contributed by atoms with Crippen LogP contribution >= 0.6 is 0 Å². The van der Waals surface area contributed by atoms with Crippen molar-refractivity contribution in [2.75, 3.05) is 39.0 Å². The molecule has 0 radical (unpaired) electrons. The first-order chi connectivity index (χ1) is 14.0. The van der Waals surface area contributed by atoms with E-state index in [1.54, 1.807) is 0 Å². The van der Waals surface area contributed by atoms with E-state index in [-0.39, 0.29) is 17.5 Å². The Morgan fingerprint density at radius 1 is 1.14 bits per heavy atom. The maximum atomic E-state index is 10.9. The molecule has 2 aromatic heterocycles. The lowest BCUT2D eigenvalue weighted by molar-refractivity contribution is -0.0126. The molecule has 29 heavy (non-hydrogen) atoms. The van der Waals surface area contributed by atoms with E-state index in [2.05, 4.69) is 26.8 Å². The predicted molar refractivity (Wildman–Crippen MR) is 111 cm³/mol. The number of hydrogen-bond donors (Lipinski definition) is 3. The number of hydrogen-bond acceptors (Lipinski definition) is 7. The van der Waals surface area contributed by atoms with Crippen LogP contribution < -0.4 is 5.73 Å². The molecule has 8 heteroatoms. The van der Waals surface area contributed by atoms with Gasteiger partial charge in [0.1, 0.15) is 23.9 Å². The highest BCUT2D eigenvalue weighted by Gasteiger charge is 2.48. The average Bonchev–Trinajstić information content (AvgIpc) is 3.38. The molecule has 2 aromatic rings. The van der Waals surface area contributed by atoms with Gasteiger partial charge < -0.3 is 25.4 Å². The number of piperidine rings is 1. The number of fused-ring (bicyclic) bond motifs is 1. The number of aliphatic hydroxyl groups excluding tert-OH is 2. The van der Waals surface area contributed by atoms with Crippen molar-refractivity contribution in [1.29, 1.82) is 0 Å². The van der Waals surface area contributed by atoms with Crippen LogP contribution in [0.25, 0.3) is 11.0 Å². The smallest absolute Gasteiger partial charge is 0.145 e. The summed E-state index contributed by atoms with van der Waals surface area (Å²) in [5.74, 6) is 0.501. The molecule has 4 atom stereocenters. The lowest BCUT2D eigenvalue weighted by Gasteiger charge is -2.45. The summed E-state index contributed by atoms with van der Waals surface area (Å²) in [7, 11) is 2.20. The van der Waals surface area contributed by atoms with Gasteiger partial charge in [-0.3, -0.25) is 4.90 Å². The zero-order valence-corrected chi connectivity index (χ0v) is 17.1. The molecule has 1 saturated carbocycles. The van der Waals surface area contributed by atoms with Gasteiger partial charge in [0.05, 0.1) is 17.5 Å². The van der Waals surface area contributed by atoms with Crippen molar-refractivity contribution in [1.82, 2.24) is 24.3 Å². The second-order valence-corrected chi connectivity index (χ2v) is 9.34. The molecular formula is C21H32N6O2. The van der Waals surface area contributed by atoms with Crippen LogP contribution in [0.2, 0.25) is 0 Å². The molecule has 1 spiro atoms. The first-order valence-electron chi connectivity index (χ1n) is 10.9. The molecule has 2 aliphatic heterocycles. The number of nitrogens with two attached hydrogens (primary N) is 1. The molecule has 8 nitrogen and oxygen atoms in total. The van der Waals surface area contributed by atoms with Crippen LogP contribution in [0.4, 0.5) is 5.82 Å². The van der Waals surface area contributed by atoms with Gasteiger partial charge in [-0.1, -0.05) is 0 Å². The van der Waals surface area contributed by atoms with Crippen LogP contribution in [-0.2, 0) is 0 Å². The number of nitrogens with zero attached hydrogens (tertiary/aromatic N) is 5. The molecule has 3 fully saturated rings. The van der Waals surface area contributed by atoms with E-state index >= 15 is 0 Å². The van der Waals surface area contributed by atoms with E-state index < -0.39 is 12.2 Å². The quantitative estimate of drug-likeness (QED) is 0.702. The van der Waals surface area contributed by atoms with Gasteiger partial charge in [0.2, 0.25) is 0 Å². The molecular weight excluding hydrogens is 368 g/mol. The Balaban J connectivity index is 1.35. The molecule has 1 aliphatic carbocycles. The highest BCUT2D eigenvalue weighted by molar-refractivity contribution is 5.86. The minimum Gasteiger partial charge on any atom is -0.390 e. The number of likely N-dealkylation sites (tertiary alicyclic amines) is 2. The van der Waals surface area contributed by atoms with Crippen molar-refractivity contribution in [3.8, 4) is 0 Å². The van der Waals surface area contributed by atoms with Gasteiger partial charge in [0.25, 0.3) is 0 Å². The Labute approximate surface area is 171 Å². The highest BCUT2D eigenvalue weighted by atomic mass is 16.3. The summed E-state index contributed by atoms with van der Waals surface area (Å²) in [6.07, 6.45) is 7.48. The molecule has 2 saturated heterocycles. The van der Waals surface area contributed by atoms with E-state index in [1.807, 2.05) is 16.8 Å². The third-order valence-corrected chi connectivity index (χ3v) is 7.78. The Hall–Kier alpha value is -1.74. The van der Waals surface area contributed by atoms with Crippen LogP contribution in [0.15, 0.2) is 18.6 Å². The van der Waals surface area contributed by atoms with Crippen LogP contribution in [0, 0.1) is 5.92 Å². The first-order valence-corrected chi connectivity index (χ1v) is 10.9. The topological polar surface area (TPSA) is 104 Å². The summed E-state index contributed by atoms with van der Waals surface area (Å²) in [4.78, 5) is 13.5. The number of rotatable bonds is 3. The minimum absolute atomic E-state index is 0.0567. The zero-order valence-electron chi connectivity index (χ0n) is 17.1. The van der Waals surface area contributed by atoms with Gasteiger partial charge >= 0.3 is 0 Å². The molecule has 1 unspecified atom stereocenters. The molecule has 4 N–H and O–H groups in total. The second kappa shape index (κ2) is 7.19. The Morgan fingerprint density at radius 2 is 1.93 bits per heavy atom. The number of nitrogen functional groups attached to an aromatic ring is 1. The van der Waals surface area contributed by atoms with E-state index in [0.29, 0.717) is 5.82 Å². The summed E-state index contributed by atoms with van der Waals surface area (Å²) < 4.78 is 1.97. The van der Waals surface area contributed by atoms with Gasteiger partial charge in [0.15, 0.2) is 0 Å². The Kier molecular flexibility index (Phi) is 4.77. The van der Waals surface area contributed by atoms with Crippen molar-refractivity contribution in [3.05, 3.63) is 18.6 Å². The maximum Gasteiger partial charge on any atom is 0.145 e. The lowest BCUT2D eigenvalue weighted by Crippen LogP contribution is -2.53. The van der Waals surface area contributed by atoms with Crippen molar-refractivity contribution < 1.29 is 10.2 Å². The van der Waals surface area contributed by atoms with E-state index in [1.165, 1.54) is 32.0 Å². The van der Waals surface area contributed by atoms with Crippen LogP contribution in [0.1, 0.15) is 38.1 Å². The van der Waals surface area contributed by atoms with Crippen LogP contribution in [-0.4, -0.2) is 85.5 Å². The van der Waals surface area contributed by atoms with Crippen molar-refractivity contribution in [2.24, 2.45) is 5.92 Å². The van der Waals surface area contributed by atoms with Crippen molar-refractivity contribution >= 4 is 16.9 Å². The standard InChI is InChI=1S/C21H32N6O2/c1-25-9-5-21(6-10-25)4-2-7-26(21)12-14-11-16(18(29)17(14)28)27-8-3-15-19(22)23-13-24-20(15)27/h3,8,13-14,16-18,28-29H,2,4-7,9-12H2,1H3,(H2,22,23,24)/t14?,16-,17-,18+/m1/s1. The van der Waals surface area contributed by atoms with Crippen LogP contribution in [0.5, 0.6) is 0 Å². The molecule has 4 heterocycles. The summed E-state index contributed by atoms with van der Waals surface area (Å²) in [5, 5.41) is 22.5.